The van der Waals surface area contributed by atoms with Gasteiger partial charge in [-0.05, 0) is 26.2 Å². The highest BCUT2D eigenvalue weighted by molar-refractivity contribution is 6.03. The molecule has 1 aromatic carbocycles. The lowest BCUT2D eigenvalue weighted by molar-refractivity contribution is -0.114. The van der Waals surface area contributed by atoms with Crippen LogP contribution in [0.1, 0.15) is 17.3 Å². The van der Waals surface area contributed by atoms with Crippen molar-refractivity contribution in [2.75, 3.05) is 32.5 Å². The smallest absolute Gasteiger partial charge is 0.253 e. The molecule has 98 valence electrons. The van der Waals surface area contributed by atoms with E-state index in [1.807, 2.05) is 19.0 Å². The summed E-state index contributed by atoms with van der Waals surface area (Å²) in [5, 5.41) is 5.46. The fraction of sp³-hybridized carbons (Fsp3) is 0.385. The van der Waals surface area contributed by atoms with Gasteiger partial charge in [-0.1, -0.05) is 12.1 Å². The summed E-state index contributed by atoms with van der Waals surface area (Å²) in [6.45, 7) is 2.76. The summed E-state index contributed by atoms with van der Waals surface area (Å²) in [6.07, 6.45) is 0. The average molecular weight is 249 g/mol. The largest absolute Gasteiger partial charge is 0.351 e. The van der Waals surface area contributed by atoms with E-state index in [-0.39, 0.29) is 11.8 Å². The van der Waals surface area contributed by atoms with Crippen molar-refractivity contribution in [3.63, 3.8) is 0 Å². The Morgan fingerprint density at radius 1 is 1.22 bits per heavy atom. The van der Waals surface area contributed by atoms with Crippen molar-refractivity contribution in [2.24, 2.45) is 0 Å². The number of nitrogens with one attached hydrogen (secondary N) is 2. The molecule has 0 heterocycles. The van der Waals surface area contributed by atoms with Crippen LogP contribution in [0.25, 0.3) is 0 Å². The Balaban J connectivity index is 2.69. The molecule has 0 aliphatic rings. The molecule has 2 amide bonds. The summed E-state index contributed by atoms with van der Waals surface area (Å²) < 4.78 is 0. The molecule has 0 radical (unpaired) electrons. The number of benzene rings is 1. The molecule has 0 fully saturated rings. The van der Waals surface area contributed by atoms with Crippen LogP contribution in [0.2, 0.25) is 0 Å². The van der Waals surface area contributed by atoms with E-state index >= 15 is 0 Å². The van der Waals surface area contributed by atoms with Crippen molar-refractivity contribution >= 4 is 17.5 Å². The number of nitrogens with zero attached hydrogens (tertiary/aromatic N) is 1. The summed E-state index contributed by atoms with van der Waals surface area (Å²) in [4.78, 5) is 25.0. The molecule has 1 rings (SSSR count). The topological polar surface area (TPSA) is 61.4 Å². The van der Waals surface area contributed by atoms with Crippen molar-refractivity contribution < 1.29 is 9.59 Å². The summed E-state index contributed by atoms with van der Waals surface area (Å²) in [5.74, 6) is -0.371. The molecule has 1 aromatic rings. The van der Waals surface area contributed by atoms with E-state index in [1.165, 1.54) is 6.92 Å². The summed E-state index contributed by atoms with van der Waals surface area (Å²) in [5.41, 5.74) is 1.01. The first-order valence-corrected chi connectivity index (χ1v) is 5.80. The first kappa shape index (κ1) is 14.2. The molecular weight excluding hydrogens is 230 g/mol. The minimum absolute atomic E-state index is 0.179. The molecule has 0 saturated heterocycles. The molecule has 5 nitrogen and oxygen atoms in total. The van der Waals surface area contributed by atoms with Crippen LogP contribution in [0.5, 0.6) is 0 Å². The maximum absolute atomic E-state index is 11.9. The lowest BCUT2D eigenvalue weighted by Gasteiger charge is -2.12. The lowest BCUT2D eigenvalue weighted by atomic mass is 10.1. The van der Waals surface area contributed by atoms with E-state index < -0.39 is 0 Å². The Bertz CT molecular complexity index is 430. The lowest BCUT2D eigenvalue weighted by Crippen LogP contribution is -2.31. The van der Waals surface area contributed by atoms with Gasteiger partial charge in [0.2, 0.25) is 5.91 Å². The number of hydrogen-bond acceptors (Lipinski definition) is 3. The first-order chi connectivity index (χ1) is 8.50. The van der Waals surface area contributed by atoms with Crippen molar-refractivity contribution in [1.82, 2.24) is 10.2 Å². The van der Waals surface area contributed by atoms with Crippen LogP contribution in [-0.4, -0.2) is 43.9 Å². The Kier molecular flexibility index (Phi) is 5.32. The van der Waals surface area contributed by atoms with E-state index in [0.717, 1.165) is 6.54 Å². The van der Waals surface area contributed by atoms with Gasteiger partial charge in [0.15, 0.2) is 0 Å². The van der Waals surface area contributed by atoms with Crippen LogP contribution in [0.15, 0.2) is 24.3 Å². The monoisotopic (exact) mass is 249 g/mol. The van der Waals surface area contributed by atoms with Gasteiger partial charge in [0.1, 0.15) is 0 Å². The second-order valence-electron chi connectivity index (χ2n) is 4.29. The second-order valence-corrected chi connectivity index (χ2v) is 4.29. The number of carbonyl (C=O) groups is 2. The molecule has 18 heavy (non-hydrogen) atoms. The van der Waals surface area contributed by atoms with Gasteiger partial charge >= 0.3 is 0 Å². The van der Waals surface area contributed by atoms with Crippen LogP contribution in [-0.2, 0) is 4.79 Å². The van der Waals surface area contributed by atoms with Crippen molar-refractivity contribution in [1.29, 1.82) is 0 Å². The van der Waals surface area contributed by atoms with E-state index in [0.29, 0.717) is 17.8 Å². The van der Waals surface area contributed by atoms with Gasteiger partial charge in [0.05, 0.1) is 11.3 Å². The van der Waals surface area contributed by atoms with Gasteiger partial charge in [-0.25, -0.2) is 0 Å². The van der Waals surface area contributed by atoms with Gasteiger partial charge in [-0.3, -0.25) is 9.59 Å². The number of anilines is 1. The van der Waals surface area contributed by atoms with E-state index in [9.17, 15) is 9.59 Å². The summed E-state index contributed by atoms with van der Waals surface area (Å²) in [6, 6.07) is 6.95. The molecule has 0 aromatic heterocycles. The van der Waals surface area contributed by atoms with Crippen molar-refractivity contribution in [3.8, 4) is 0 Å². The van der Waals surface area contributed by atoms with Crippen molar-refractivity contribution in [3.05, 3.63) is 29.8 Å². The highest BCUT2D eigenvalue weighted by Crippen LogP contribution is 2.14. The van der Waals surface area contributed by atoms with Gasteiger partial charge in [0, 0.05) is 20.0 Å². The molecule has 2 N–H and O–H groups in total. The highest BCUT2D eigenvalue weighted by Gasteiger charge is 2.10. The maximum Gasteiger partial charge on any atom is 0.253 e. The molecule has 0 saturated carbocycles. The normalized spacial score (nSPS) is 10.2. The van der Waals surface area contributed by atoms with E-state index in [1.54, 1.807) is 24.3 Å². The second kappa shape index (κ2) is 6.76. The third-order valence-electron chi connectivity index (χ3n) is 2.33. The summed E-state index contributed by atoms with van der Waals surface area (Å²) >= 11 is 0. The first-order valence-electron chi connectivity index (χ1n) is 5.80. The predicted octanol–water partition coefficient (Wildman–Crippen LogP) is 0.936. The molecular formula is C13H19N3O2. The SMILES string of the molecule is CC(=O)Nc1ccccc1C(=O)NCCN(C)C. The van der Waals surface area contributed by atoms with Crippen LogP contribution in [0, 0.1) is 0 Å². The molecule has 0 atom stereocenters. The maximum atomic E-state index is 11.9. The molecule has 5 heteroatoms. The van der Waals surface area contributed by atoms with E-state index in [2.05, 4.69) is 10.6 Å². The number of amides is 2. The zero-order valence-electron chi connectivity index (χ0n) is 11.0. The Labute approximate surface area is 107 Å². The van der Waals surface area contributed by atoms with Crippen LogP contribution < -0.4 is 10.6 Å². The zero-order valence-corrected chi connectivity index (χ0v) is 11.0. The number of rotatable bonds is 5. The number of likely N-dealkylation sites (N-methyl/N-ethyl adjacent to an activating group) is 1. The molecule has 0 bridgehead atoms. The Morgan fingerprint density at radius 2 is 1.89 bits per heavy atom. The Hall–Kier alpha value is -1.88. The molecule has 0 aliphatic carbocycles. The standard InChI is InChI=1S/C13H19N3O2/c1-10(17)15-12-7-5-4-6-11(12)13(18)14-8-9-16(2)3/h4-7H,8-9H2,1-3H3,(H,14,18)(H,15,17). The highest BCUT2D eigenvalue weighted by atomic mass is 16.2. The van der Waals surface area contributed by atoms with E-state index in [4.69, 9.17) is 0 Å². The summed E-state index contributed by atoms with van der Waals surface area (Å²) in [7, 11) is 3.88. The van der Waals surface area contributed by atoms with Crippen LogP contribution >= 0.6 is 0 Å². The zero-order chi connectivity index (χ0) is 13.5. The third-order valence-corrected chi connectivity index (χ3v) is 2.33. The van der Waals surface area contributed by atoms with Gasteiger partial charge in [-0.15, -0.1) is 0 Å². The molecule has 0 unspecified atom stereocenters. The third kappa shape index (κ3) is 4.55. The van der Waals surface area contributed by atoms with Gasteiger partial charge in [-0.2, -0.15) is 0 Å². The Morgan fingerprint density at radius 3 is 2.50 bits per heavy atom. The number of para-hydroxylation sites is 1. The minimum atomic E-state index is -0.191. The fourth-order valence-corrected chi connectivity index (χ4v) is 1.47. The average Bonchev–Trinajstić information content (AvgIpc) is 2.28. The van der Waals surface area contributed by atoms with Crippen LogP contribution in [0.3, 0.4) is 0 Å². The predicted molar refractivity (Wildman–Crippen MR) is 71.6 cm³/mol. The van der Waals surface area contributed by atoms with Gasteiger partial charge < -0.3 is 15.5 Å². The van der Waals surface area contributed by atoms with Gasteiger partial charge in [0.25, 0.3) is 5.91 Å². The molecule has 0 spiro atoms. The minimum Gasteiger partial charge on any atom is -0.351 e. The number of hydrogen-bond donors (Lipinski definition) is 2. The molecule has 0 aliphatic heterocycles. The quantitative estimate of drug-likeness (QED) is 0.816. The van der Waals surface area contributed by atoms with Crippen LogP contribution in [0.4, 0.5) is 5.69 Å². The number of carbonyl (C=O) groups excluding carboxylic acids is 2. The van der Waals surface area contributed by atoms with Crippen molar-refractivity contribution in [2.45, 2.75) is 6.92 Å². The fourth-order valence-electron chi connectivity index (χ4n) is 1.47.